The van der Waals surface area contributed by atoms with Gasteiger partial charge in [-0.15, -0.1) is 0 Å². The highest BCUT2D eigenvalue weighted by atomic mass is 32.2. The third-order valence-corrected chi connectivity index (χ3v) is 5.73. The van der Waals surface area contributed by atoms with E-state index in [2.05, 4.69) is 9.97 Å². The molecule has 0 aromatic carbocycles. The van der Waals surface area contributed by atoms with E-state index in [0.29, 0.717) is 28.3 Å². The van der Waals surface area contributed by atoms with Crippen molar-refractivity contribution in [1.82, 2.24) is 14.5 Å². The minimum absolute atomic E-state index is 0.0117. The van der Waals surface area contributed by atoms with Crippen LogP contribution in [-0.4, -0.2) is 40.1 Å². The van der Waals surface area contributed by atoms with Crippen LogP contribution in [0.15, 0.2) is 18.5 Å². The number of aryl methyl sites for hydroxylation is 1. The van der Waals surface area contributed by atoms with Crippen LogP contribution in [-0.2, 0) is 22.8 Å². The van der Waals surface area contributed by atoms with Crippen molar-refractivity contribution in [2.75, 3.05) is 12.0 Å². The smallest absolute Gasteiger partial charge is 0.164 e. The van der Waals surface area contributed by atoms with Gasteiger partial charge in [-0.2, -0.15) is 0 Å². The summed E-state index contributed by atoms with van der Waals surface area (Å²) in [5.41, 5.74) is 1.50. The quantitative estimate of drug-likeness (QED) is 0.747. The van der Waals surface area contributed by atoms with Gasteiger partial charge in [0.05, 0.1) is 17.6 Å². The summed E-state index contributed by atoms with van der Waals surface area (Å²) in [5.74, 6) is -0.510. The standard InChI is InChI=1S/C15H16FN3O3S2/c1-3-19-11(4-5-24(2,21)22)13(20)12-15(19)23-14(18-12)9-6-10(16)8-17-7-9/h6-8,20H,3-5H2,1-2H3. The predicted molar refractivity (Wildman–Crippen MR) is 91.6 cm³/mol. The average Bonchev–Trinajstić information content (AvgIpc) is 3.03. The van der Waals surface area contributed by atoms with Crippen molar-refractivity contribution < 1.29 is 17.9 Å². The Morgan fingerprint density at radius 2 is 2.12 bits per heavy atom. The lowest BCUT2D eigenvalue weighted by atomic mass is 10.3. The summed E-state index contributed by atoms with van der Waals surface area (Å²) in [6.07, 6.45) is 4.01. The van der Waals surface area contributed by atoms with Crippen LogP contribution < -0.4 is 0 Å². The summed E-state index contributed by atoms with van der Waals surface area (Å²) in [7, 11) is -3.13. The van der Waals surface area contributed by atoms with Crippen molar-refractivity contribution in [3.05, 3.63) is 30.0 Å². The second kappa shape index (κ2) is 6.14. The SMILES string of the molecule is CCn1c(CCS(C)(=O)=O)c(O)c2nc(-c3cncc(F)c3)sc21. The van der Waals surface area contributed by atoms with Crippen molar-refractivity contribution in [2.45, 2.75) is 19.9 Å². The van der Waals surface area contributed by atoms with Crippen LogP contribution in [0.25, 0.3) is 20.9 Å². The van der Waals surface area contributed by atoms with Crippen LogP contribution in [0.3, 0.4) is 0 Å². The molecule has 6 nitrogen and oxygen atoms in total. The number of fused-ring (bicyclic) bond motifs is 1. The molecule has 0 saturated heterocycles. The Hall–Kier alpha value is -2.00. The van der Waals surface area contributed by atoms with E-state index in [-0.39, 0.29) is 17.9 Å². The largest absolute Gasteiger partial charge is 0.504 e. The molecule has 128 valence electrons. The number of pyridine rings is 1. The summed E-state index contributed by atoms with van der Waals surface area (Å²) in [5, 5.41) is 11.0. The van der Waals surface area contributed by atoms with Gasteiger partial charge < -0.3 is 9.67 Å². The predicted octanol–water partition coefficient (Wildman–Crippen LogP) is 2.61. The second-order valence-corrected chi connectivity index (χ2v) is 8.72. The first-order valence-electron chi connectivity index (χ1n) is 7.29. The molecule has 3 aromatic rings. The highest BCUT2D eigenvalue weighted by molar-refractivity contribution is 7.90. The molecular weight excluding hydrogens is 353 g/mol. The molecule has 0 aliphatic heterocycles. The molecule has 1 N–H and O–H groups in total. The van der Waals surface area contributed by atoms with Crippen LogP contribution in [0.4, 0.5) is 4.39 Å². The van der Waals surface area contributed by atoms with Crippen molar-refractivity contribution in [3.63, 3.8) is 0 Å². The Morgan fingerprint density at radius 3 is 2.75 bits per heavy atom. The van der Waals surface area contributed by atoms with Gasteiger partial charge in [0, 0.05) is 31.0 Å². The molecule has 0 saturated carbocycles. The zero-order chi connectivity index (χ0) is 17.5. The fourth-order valence-corrected chi connectivity index (χ4v) is 4.26. The monoisotopic (exact) mass is 369 g/mol. The number of hydrogen-bond acceptors (Lipinski definition) is 6. The molecule has 3 aromatic heterocycles. The number of nitrogens with zero attached hydrogens (tertiary/aromatic N) is 3. The molecule has 3 rings (SSSR count). The first-order valence-corrected chi connectivity index (χ1v) is 10.2. The number of aromatic hydroxyl groups is 1. The fraction of sp³-hybridized carbons (Fsp3) is 0.333. The minimum Gasteiger partial charge on any atom is -0.504 e. The summed E-state index contributed by atoms with van der Waals surface area (Å²) >= 11 is 1.31. The van der Waals surface area contributed by atoms with Crippen molar-refractivity contribution in [3.8, 4) is 16.3 Å². The number of sulfone groups is 1. The Morgan fingerprint density at radius 1 is 1.38 bits per heavy atom. The summed E-state index contributed by atoms with van der Waals surface area (Å²) in [4.78, 5) is 8.93. The number of rotatable bonds is 5. The zero-order valence-corrected chi connectivity index (χ0v) is 14.8. The molecule has 0 radical (unpaired) electrons. The van der Waals surface area contributed by atoms with E-state index in [1.165, 1.54) is 29.9 Å². The zero-order valence-electron chi connectivity index (χ0n) is 13.2. The Kier molecular flexibility index (Phi) is 4.31. The molecule has 0 aliphatic carbocycles. The van der Waals surface area contributed by atoms with Gasteiger partial charge in [-0.05, 0) is 13.0 Å². The minimum atomic E-state index is -3.13. The summed E-state index contributed by atoms with van der Waals surface area (Å²) in [6.45, 7) is 2.48. The van der Waals surface area contributed by atoms with E-state index in [0.717, 1.165) is 11.0 Å². The van der Waals surface area contributed by atoms with Crippen molar-refractivity contribution >= 4 is 31.5 Å². The maximum atomic E-state index is 13.3. The summed E-state index contributed by atoms with van der Waals surface area (Å²) in [6, 6.07) is 1.34. The van der Waals surface area contributed by atoms with E-state index in [9.17, 15) is 17.9 Å². The third kappa shape index (κ3) is 3.13. The van der Waals surface area contributed by atoms with Crippen LogP contribution in [0, 0.1) is 5.82 Å². The molecular formula is C15H16FN3O3S2. The molecule has 3 heterocycles. The van der Waals surface area contributed by atoms with Gasteiger partial charge in [-0.25, -0.2) is 17.8 Å². The van der Waals surface area contributed by atoms with Gasteiger partial charge in [0.2, 0.25) is 0 Å². The van der Waals surface area contributed by atoms with E-state index in [4.69, 9.17) is 0 Å². The van der Waals surface area contributed by atoms with Gasteiger partial charge in [0.1, 0.15) is 31.0 Å². The van der Waals surface area contributed by atoms with E-state index in [1.807, 2.05) is 11.5 Å². The number of hydrogen-bond donors (Lipinski definition) is 1. The molecule has 0 spiro atoms. The maximum absolute atomic E-state index is 13.3. The van der Waals surface area contributed by atoms with E-state index in [1.54, 1.807) is 0 Å². The molecule has 0 unspecified atom stereocenters. The van der Waals surface area contributed by atoms with Gasteiger partial charge in [-0.3, -0.25) is 4.98 Å². The second-order valence-electron chi connectivity index (χ2n) is 5.48. The fourth-order valence-electron chi connectivity index (χ4n) is 2.56. The van der Waals surface area contributed by atoms with Crippen LogP contribution in [0.5, 0.6) is 5.75 Å². The van der Waals surface area contributed by atoms with Crippen molar-refractivity contribution in [1.29, 1.82) is 0 Å². The topological polar surface area (TPSA) is 85.1 Å². The molecule has 0 atom stereocenters. The molecule has 9 heteroatoms. The van der Waals surface area contributed by atoms with Gasteiger partial charge in [0.15, 0.2) is 5.75 Å². The Bertz CT molecular complexity index is 1010. The average molecular weight is 369 g/mol. The lowest BCUT2D eigenvalue weighted by molar-refractivity contribution is 0.468. The van der Waals surface area contributed by atoms with Gasteiger partial charge in [-0.1, -0.05) is 11.3 Å². The first-order chi connectivity index (χ1) is 11.3. The van der Waals surface area contributed by atoms with Crippen molar-refractivity contribution in [2.24, 2.45) is 0 Å². The van der Waals surface area contributed by atoms with Crippen LogP contribution in [0.2, 0.25) is 0 Å². The normalized spacial score (nSPS) is 12.1. The Labute approximate surface area is 142 Å². The van der Waals surface area contributed by atoms with Crippen LogP contribution in [0.1, 0.15) is 12.6 Å². The van der Waals surface area contributed by atoms with E-state index >= 15 is 0 Å². The van der Waals surface area contributed by atoms with Gasteiger partial charge in [0.25, 0.3) is 0 Å². The lowest BCUT2D eigenvalue weighted by Gasteiger charge is -2.07. The van der Waals surface area contributed by atoms with Crippen LogP contribution >= 0.6 is 11.3 Å². The molecule has 24 heavy (non-hydrogen) atoms. The molecule has 0 aliphatic rings. The third-order valence-electron chi connectivity index (χ3n) is 3.66. The number of thiazole rings is 1. The highest BCUT2D eigenvalue weighted by Crippen LogP contribution is 2.39. The number of aromatic nitrogens is 3. The van der Waals surface area contributed by atoms with Gasteiger partial charge >= 0.3 is 0 Å². The first kappa shape index (κ1) is 16.8. The lowest BCUT2D eigenvalue weighted by Crippen LogP contribution is -2.09. The van der Waals surface area contributed by atoms with E-state index < -0.39 is 15.7 Å². The number of halogens is 1. The highest BCUT2D eigenvalue weighted by Gasteiger charge is 2.21. The Balaban J connectivity index is 2.08. The maximum Gasteiger partial charge on any atom is 0.164 e. The molecule has 0 fully saturated rings. The summed E-state index contributed by atoms with van der Waals surface area (Å²) < 4.78 is 38.0. The molecule has 0 amide bonds. The molecule has 0 bridgehead atoms.